The molecule has 88 valence electrons. The fraction of sp³-hybridized carbons (Fsp3) is 0.538. The highest BCUT2D eigenvalue weighted by atomic mass is 127. The van der Waals surface area contributed by atoms with E-state index in [9.17, 15) is 0 Å². The van der Waals surface area contributed by atoms with Crippen molar-refractivity contribution in [2.75, 3.05) is 20.3 Å². The Labute approximate surface area is 111 Å². The Bertz CT molecular complexity index is 319. The van der Waals surface area contributed by atoms with Crippen LogP contribution in [0, 0.1) is 9.49 Å². The van der Waals surface area contributed by atoms with E-state index in [1.165, 1.54) is 15.6 Å². The quantitative estimate of drug-likeness (QED) is 0.856. The number of nitrogens with one attached hydrogen (secondary N) is 1. The third-order valence-electron chi connectivity index (χ3n) is 3.27. The van der Waals surface area contributed by atoms with Crippen molar-refractivity contribution in [3.8, 4) is 0 Å². The Morgan fingerprint density at radius 2 is 2.19 bits per heavy atom. The minimum atomic E-state index is 0.544. The maximum atomic E-state index is 5.46. The van der Waals surface area contributed by atoms with Gasteiger partial charge < -0.3 is 10.1 Å². The summed E-state index contributed by atoms with van der Waals surface area (Å²) >= 11 is 2.34. The molecule has 0 saturated carbocycles. The van der Waals surface area contributed by atoms with E-state index in [1.54, 1.807) is 0 Å². The molecule has 1 aromatic carbocycles. The lowest BCUT2D eigenvalue weighted by molar-refractivity contribution is 0.177. The summed E-state index contributed by atoms with van der Waals surface area (Å²) in [6, 6.07) is 9.34. The minimum Gasteiger partial charge on any atom is -0.381 e. The van der Waals surface area contributed by atoms with Crippen LogP contribution in [0.5, 0.6) is 0 Å². The van der Waals surface area contributed by atoms with Crippen molar-refractivity contribution >= 4 is 22.6 Å². The zero-order valence-corrected chi connectivity index (χ0v) is 11.7. The summed E-state index contributed by atoms with van der Waals surface area (Å²) < 4.78 is 6.75. The first kappa shape index (κ1) is 12.3. The fourth-order valence-electron chi connectivity index (χ4n) is 2.25. The molecule has 3 heteroatoms. The zero-order chi connectivity index (χ0) is 11.4. The van der Waals surface area contributed by atoms with Crippen LogP contribution in [0.15, 0.2) is 24.3 Å². The van der Waals surface area contributed by atoms with Crippen LogP contribution in [0.2, 0.25) is 0 Å². The van der Waals surface area contributed by atoms with Crippen LogP contribution >= 0.6 is 22.6 Å². The smallest absolute Gasteiger partial charge is 0.0510 e. The Morgan fingerprint density at radius 1 is 1.44 bits per heavy atom. The molecule has 0 amide bonds. The van der Waals surface area contributed by atoms with Crippen molar-refractivity contribution in [1.82, 2.24) is 5.32 Å². The highest BCUT2D eigenvalue weighted by Crippen LogP contribution is 2.20. The zero-order valence-electron chi connectivity index (χ0n) is 9.58. The average Bonchev–Trinajstić information content (AvgIpc) is 2.82. The van der Waals surface area contributed by atoms with Crippen molar-refractivity contribution in [1.29, 1.82) is 0 Å². The van der Waals surface area contributed by atoms with Gasteiger partial charge in [-0.15, -0.1) is 0 Å². The van der Waals surface area contributed by atoms with Crippen molar-refractivity contribution in [3.63, 3.8) is 0 Å². The fourth-order valence-corrected chi connectivity index (χ4v) is 2.61. The second-order valence-corrected chi connectivity index (χ2v) is 5.60. The molecule has 2 nitrogen and oxygen atoms in total. The molecule has 1 aliphatic rings. The normalized spacial score (nSPS) is 22.2. The summed E-state index contributed by atoms with van der Waals surface area (Å²) in [5, 5.41) is 3.43. The molecule has 0 spiro atoms. The minimum absolute atomic E-state index is 0.544. The second-order valence-electron chi connectivity index (χ2n) is 4.35. The molecule has 0 bridgehead atoms. The van der Waals surface area contributed by atoms with Gasteiger partial charge in [0.05, 0.1) is 6.61 Å². The van der Waals surface area contributed by atoms with Gasteiger partial charge in [0, 0.05) is 22.1 Å². The summed E-state index contributed by atoms with van der Waals surface area (Å²) in [7, 11) is 2.05. The number of hydrogen-bond donors (Lipinski definition) is 1. The van der Waals surface area contributed by atoms with Crippen molar-refractivity contribution in [2.24, 2.45) is 5.92 Å². The first-order chi connectivity index (χ1) is 7.79. The number of rotatable bonds is 4. The maximum absolute atomic E-state index is 5.46. The van der Waals surface area contributed by atoms with Crippen molar-refractivity contribution in [2.45, 2.75) is 18.9 Å². The van der Waals surface area contributed by atoms with Crippen molar-refractivity contribution in [3.05, 3.63) is 33.4 Å². The van der Waals surface area contributed by atoms with E-state index in [0.29, 0.717) is 12.0 Å². The average molecular weight is 331 g/mol. The van der Waals surface area contributed by atoms with Gasteiger partial charge in [0.2, 0.25) is 0 Å². The third kappa shape index (κ3) is 3.18. The highest BCUT2D eigenvalue weighted by Gasteiger charge is 2.24. The molecule has 16 heavy (non-hydrogen) atoms. The summed E-state index contributed by atoms with van der Waals surface area (Å²) in [6.45, 7) is 1.84. The van der Waals surface area contributed by atoms with Gasteiger partial charge in [0.1, 0.15) is 0 Å². The van der Waals surface area contributed by atoms with Crippen LogP contribution in [0.3, 0.4) is 0 Å². The predicted molar refractivity (Wildman–Crippen MR) is 74.6 cm³/mol. The van der Waals surface area contributed by atoms with E-state index in [0.717, 1.165) is 19.6 Å². The SMILES string of the molecule is CNC(Cc1ccc(I)cc1)C1CCOC1. The number of benzene rings is 1. The first-order valence-electron chi connectivity index (χ1n) is 5.79. The lowest BCUT2D eigenvalue weighted by Gasteiger charge is -2.21. The highest BCUT2D eigenvalue weighted by molar-refractivity contribution is 14.1. The Morgan fingerprint density at radius 3 is 2.75 bits per heavy atom. The molecule has 0 aliphatic carbocycles. The number of hydrogen-bond acceptors (Lipinski definition) is 2. The van der Waals surface area contributed by atoms with Gasteiger partial charge in [0.25, 0.3) is 0 Å². The number of likely N-dealkylation sites (N-methyl/N-ethyl adjacent to an activating group) is 1. The molecule has 2 atom stereocenters. The third-order valence-corrected chi connectivity index (χ3v) is 3.99. The van der Waals surface area contributed by atoms with Gasteiger partial charge in [-0.1, -0.05) is 12.1 Å². The van der Waals surface area contributed by atoms with Crippen LogP contribution in [-0.2, 0) is 11.2 Å². The summed E-state index contributed by atoms with van der Waals surface area (Å²) in [4.78, 5) is 0. The van der Waals surface area contributed by atoms with E-state index < -0.39 is 0 Å². The monoisotopic (exact) mass is 331 g/mol. The molecule has 2 unspecified atom stereocenters. The second kappa shape index (κ2) is 5.98. The van der Waals surface area contributed by atoms with Gasteiger partial charge in [-0.05, 0) is 60.2 Å². The molecule has 2 rings (SSSR count). The van der Waals surface area contributed by atoms with Gasteiger partial charge in [-0.25, -0.2) is 0 Å². The van der Waals surface area contributed by atoms with E-state index in [2.05, 4.69) is 59.2 Å². The first-order valence-corrected chi connectivity index (χ1v) is 6.87. The summed E-state index contributed by atoms with van der Waals surface area (Å²) in [5.41, 5.74) is 1.41. The molecule has 1 aliphatic heterocycles. The lowest BCUT2D eigenvalue weighted by atomic mass is 9.93. The van der Waals surface area contributed by atoms with Gasteiger partial charge in [-0.2, -0.15) is 0 Å². The number of halogens is 1. The van der Waals surface area contributed by atoms with Crippen LogP contribution < -0.4 is 5.32 Å². The van der Waals surface area contributed by atoms with E-state index in [-0.39, 0.29) is 0 Å². The van der Waals surface area contributed by atoms with Gasteiger partial charge in [0.15, 0.2) is 0 Å². The lowest BCUT2D eigenvalue weighted by Crippen LogP contribution is -2.35. The van der Waals surface area contributed by atoms with Crippen molar-refractivity contribution < 1.29 is 4.74 Å². The molecule has 0 radical (unpaired) electrons. The van der Waals surface area contributed by atoms with Gasteiger partial charge in [-0.3, -0.25) is 0 Å². The molecule has 1 aromatic rings. The molecule has 1 fully saturated rings. The Hall–Kier alpha value is -0.130. The summed E-state index contributed by atoms with van der Waals surface area (Å²) in [6.07, 6.45) is 2.29. The van der Waals surface area contributed by atoms with Crippen LogP contribution in [0.1, 0.15) is 12.0 Å². The Kier molecular flexibility index (Phi) is 4.61. The van der Waals surface area contributed by atoms with Gasteiger partial charge >= 0.3 is 0 Å². The molecule has 1 N–H and O–H groups in total. The number of ether oxygens (including phenoxy) is 1. The van der Waals surface area contributed by atoms with E-state index in [1.807, 2.05) is 0 Å². The molecule has 1 heterocycles. The van der Waals surface area contributed by atoms with E-state index in [4.69, 9.17) is 4.74 Å². The van der Waals surface area contributed by atoms with Crippen LogP contribution in [-0.4, -0.2) is 26.3 Å². The summed E-state index contributed by atoms with van der Waals surface area (Å²) in [5.74, 6) is 0.671. The standard InChI is InChI=1S/C13H18INO/c1-15-13(11-6-7-16-9-11)8-10-2-4-12(14)5-3-10/h2-5,11,13,15H,6-9H2,1H3. The predicted octanol–water partition coefficient (Wildman–Crippen LogP) is 2.46. The molecule has 1 saturated heterocycles. The molecular weight excluding hydrogens is 313 g/mol. The maximum Gasteiger partial charge on any atom is 0.0510 e. The Balaban J connectivity index is 1.97. The molecular formula is C13H18INO. The largest absolute Gasteiger partial charge is 0.381 e. The van der Waals surface area contributed by atoms with E-state index >= 15 is 0 Å². The topological polar surface area (TPSA) is 21.3 Å². The van der Waals surface area contributed by atoms with Crippen LogP contribution in [0.25, 0.3) is 0 Å². The van der Waals surface area contributed by atoms with Crippen LogP contribution in [0.4, 0.5) is 0 Å². The molecule has 0 aromatic heterocycles.